The minimum absolute atomic E-state index is 0.0721. The predicted octanol–water partition coefficient (Wildman–Crippen LogP) is 7.77. The molecule has 58 heavy (non-hydrogen) atoms. The Bertz CT molecular complexity index is 1250. The van der Waals surface area contributed by atoms with Crippen molar-refractivity contribution in [1.82, 2.24) is 0 Å². The number of carbonyl (C=O) groups is 2. The van der Waals surface area contributed by atoms with Crippen LogP contribution in [0.4, 0.5) is 0 Å². The van der Waals surface area contributed by atoms with Gasteiger partial charge in [-0.15, -0.1) is 0 Å². The van der Waals surface area contributed by atoms with E-state index in [1.807, 2.05) is 12.2 Å². The van der Waals surface area contributed by atoms with Crippen LogP contribution in [0.1, 0.15) is 149 Å². The van der Waals surface area contributed by atoms with Crippen molar-refractivity contribution in [1.29, 1.82) is 0 Å². The zero-order valence-electron chi connectivity index (χ0n) is 35.1. The molecule has 0 amide bonds. The lowest BCUT2D eigenvalue weighted by Crippen LogP contribution is -2.64. The van der Waals surface area contributed by atoms with Gasteiger partial charge in [-0.1, -0.05) is 120 Å². The smallest absolute Gasteiger partial charge is 0.462 e. The Hall–Kier alpha value is -2.45. The second-order valence-electron chi connectivity index (χ2n) is 14.8. The first-order valence-corrected chi connectivity index (χ1v) is 23.1. The number of aliphatic hydroxyl groups excluding tert-OH is 5. The first-order chi connectivity index (χ1) is 27.9. The summed E-state index contributed by atoms with van der Waals surface area (Å²) in [4.78, 5) is 35.5. The van der Waals surface area contributed by atoms with Crippen LogP contribution in [0.25, 0.3) is 0 Å². The number of aliphatic hydroxyl groups is 5. The van der Waals surface area contributed by atoms with E-state index < -0.39 is 75.7 Å². The number of allylic oxidation sites excluding steroid dienone is 10. The fourth-order valence-electron chi connectivity index (χ4n) is 6.04. The maximum Gasteiger partial charge on any atom is 0.472 e. The normalized spacial score (nSPS) is 23.1. The maximum atomic E-state index is 12.8. The van der Waals surface area contributed by atoms with Crippen LogP contribution in [-0.4, -0.2) is 98.3 Å². The molecule has 0 aromatic rings. The lowest BCUT2D eigenvalue weighted by atomic mass is 9.85. The summed E-state index contributed by atoms with van der Waals surface area (Å²) in [7, 11) is -5.13. The number of phosphoric ester groups is 1. The summed E-state index contributed by atoms with van der Waals surface area (Å²) in [5, 5.41) is 50.0. The molecule has 1 aliphatic carbocycles. The molecule has 0 spiro atoms. The van der Waals surface area contributed by atoms with E-state index in [-0.39, 0.29) is 12.8 Å². The molecule has 1 fully saturated rings. The molecule has 14 heteroatoms. The largest absolute Gasteiger partial charge is 0.472 e. The number of ether oxygens (including phenoxy) is 2. The van der Waals surface area contributed by atoms with Crippen molar-refractivity contribution in [3.63, 3.8) is 0 Å². The van der Waals surface area contributed by atoms with Crippen molar-refractivity contribution in [3.05, 3.63) is 60.8 Å². The van der Waals surface area contributed by atoms with E-state index in [9.17, 15) is 44.6 Å². The molecule has 1 rings (SSSR count). The first kappa shape index (κ1) is 53.6. The van der Waals surface area contributed by atoms with Gasteiger partial charge >= 0.3 is 19.8 Å². The summed E-state index contributed by atoms with van der Waals surface area (Å²) in [6.07, 6.45) is 27.2. The van der Waals surface area contributed by atoms with Gasteiger partial charge in [0.1, 0.15) is 43.2 Å². The van der Waals surface area contributed by atoms with Gasteiger partial charge in [0.15, 0.2) is 6.10 Å². The average molecular weight is 843 g/mol. The number of hydrogen-bond acceptors (Lipinski definition) is 12. The van der Waals surface area contributed by atoms with Gasteiger partial charge in [0.25, 0.3) is 0 Å². The van der Waals surface area contributed by atoms with Crippen LogP contribution >= 0.6 is 7.82 Å². The second kappa shape index (κ2) is 34.3. The van der Waals surface area contributed by atoms with Crippen molar-refractivity contribution < 1.29 is 63.1 Å². The third-order valence-electron chi connectivity index (χ3n) is 9.58. The standard InChI is InChI=1S/C44H75O13P/c1-3-5-7-9-11-13-15-17-18-19-20-21-23-24-26-28-30-32-37(45)54-34-36(56-38(46)33-31-29-27-25-22-16-14-12-10-8-6-4-2)35-55-58(52,53)57-44-42(50)40(48)39(47)41(49)43(44)51/h11-14,17-18,20-21,24,26,36,39-44,47-51H,3-10,15-16,19,22-23,25,27-35H2,1-2H3,(H,52,53)/b13-11+,14-12+,18-17+,21-20+,26-24+/t36-,39?,40-,41?,42?,43?,44?/m0/s1. The fourth-order valence-corrected chi connectivity index (χ4v) is 7.01. The Morgan fingerprint density at radius 1 is 0.534 bits per heavy atom. The molecule has 13 nitrogen and oxygen atoms in total. The second-order valence-corrected chi connectivity index (χ2v) is 16.2. The Kier molecular flexibility index (Phi) is 31.7. The molecular weight excluding hydrogens is 767 g/mol. The van der Waals surface area contributed by atoms with E-state index in [1.54, 1.807) is 0 Å². The summed E-state index contributed by atoms with van der Waals surface area (Å²) in [6.45, 7) is 3.16. The highest BCUT2D eigenvalue weighted by Crippen LogP contribution is 2.47. The van der Waals surface area contributed by atoms with Gasteiger partial charge in [0.2, 0.25) is 0 Å². The van der Waals surface area contributed by atoms with Crippen molar-refractivity contribution in [2.75, 3.05) is 13.2 Å². The zero-order chi connectivity index (χ0) is 42.9. The highest BCUT2D eigenvalue weighted by Gasteiger charge is 2.51. The molecule has 8 atom stereocenters. The van der Waals surface area contributed by atoms with Gasteiger partial charge in [-0.25, -0.2) is 4.57 Å². The number of unbranched alkanes of at least 4 members (excludes halogenated alkanes) is 12. The lowest BCUT2D eigenvalue weighted by molar-refractivity contribution is -0.220. The number of carbonyl (C=O) groups excluding carboxylic acids is 2. The van der Waals surface area contributed by atoms with E-state index in [0.29, 0.717) is 19.3 Å². The molecule has 6 N–H and O–H groups in total. The fraction of sp³-hybridized carbons (Fsp3) is 0.727. The van der Waals surface area contributed by atoms with E-state index >= 15 is 0 Å². The Balaban J connectivity index is 2.54. The summed E-state index contributed by atoms with van der Waals surface area (Å²) < 4.78 is 33.4. The summed E-state index contributed by atoms with van der Waals surface area (Å²) in [5.41, 5.74) is 0. The summed E-state index contributed by atoms with van der Waals surface area (Å²) >= 11 is 0. The zero-order valence-corrected chi connectivity index (χ0v) is 36.0. The predicted molar refractivity (Wildman–Crippen MR) is 226 cm³/mol. The number of rotatable bonds is 34. The molecule has 1 saturated carbocycles. The van der Waals surface area contributed by atoms with Crippen molar-refractivity contribution in [2.24, 2.45) is 0 Å². The molecule has 6 unspecified atom stereocenters. The van der Waals surface area contributed by atoms with Crippen LogP contribution in [0.3, 0.4) is 0 Å². The van der Waals surface area contributed by atoms with Gasteiger partial charge in [-0.05, 0) is 77.0 Å². The van der Waals surface area contributed by atoms with Crippen molar-refractivity contribution in [2.45, 2.75) is 191 Å². The van der Waals surface area contributed by atoms with E-state index in [0.717, 1.165) is 64.2 Å². The maximum absolute atomic E-state index is 12.8. The molecule has 0 saturated heterocycles. The van der Waals surface area contributed by atoms with Crippen LogP contribution in [-0.2, 0) is 32.7 Å². The number of hydrogen-bond donors (Lipinski definition) is 6. The number of esters is 2. The van der Waals surface area contributed by atoms with Gasteiger partial charge in [0.05, 0.1) is 6.61 Å². The van der Waals surface area contributed by atoms with E-state index in [4.69, 9.17) is 18.5 Å². The molecular formula is C44H75O13P. The van der Waals surface area contributed by atoms with Crippen LogP contribution in [0.2, 0.25) is 0 Å². The molecule has 0 bridgehead atoms. The third-order valence-corrected chi connectivity index (χ3v) is 10.6. The quantitative estimate of drug-likeness (QED) is 0.0159. The third kappa shape index (κ3) is 26.6. The first-order valence-electron chi connectivity index (χ1n) is 21.6. The van der Waals surface area contributed by atoms with Gasteiger partial charge in [0, 0.05) is 12.8 Å². The molecule has 1 aliphatic rings. The minimum atomic E-state index is -5.13. The topological polar surface area (TPSA) is 210 Å². The van der Waals surface area contributed by atoms with Crippen LogP contribution in [0.5, 0.6) is 0 Å². The Morgan fingerprint density at radius 2 is 0.948 bits per heavy atom. The van der Waals surface area contributed by atoms with Crippen molar-refractivity contribution >= 4 is 19.8 Å². The molecule has 0 aromatic heterocycles. The number of phosphoric acid groups is 1. The Morgan fingerprint density at radius 3 is 1.48 bits per heavy atom. The monoisotopic (exact) mass is 842 g/mol. The Labute approximate surface area is 347 Å². The van der Waals surface area contributed by atoms with Crippen LogP contribution in [0.15, 0.2) is 60.8 Å². The molecule has 0 radical (unpaired) electrons. The van der Waals surface area contributed by atoms with E-state index in [1.165, 1.54) is 38.5 Å². The molecule has 0 aromatic carbocycles. The summed E-state index contributed by atoms with van der Waals surface area (Å²) in [5.74, 6) is -1.18. The molecule has 334 valence electrons. The highest BCUT2D eigenvalue weighted by molar-refractivity contribution is 7.47. The molecule has 0 heterocycles. The lowest BCUT2D eigenvalue weighted by Gasteiger charge is -2.41. The minimum Gasteiger partial charge on any atom is -0.462 e. The highest BCUT2D eigenvalue weighted by atomic mass is 31.2. The van der Waals surface area contributed by atoms with Crippen LogP contribution in [0, 0.1) is 0 Å². The van der Waals surface area contributed by atoms with Gasteiger partial charge in [-0.2, -0.15) is 0 Å². The SMILES string of the molecule is CCCCC/C=C/C/C=C/C/C=C/C/C=C/CCCC(=O)OC[C@@H](COP(=O)(O)OC1C(O)C(O)C(O)[C@H](O)C1O)OC(=O)CCCCCCC/C=C/CCCCC. The van der Waals surface area contributed by atoms with Gasteiger partial charge in [-0.3, -0.25) is 18.6 Å². The molecule has 0 aliphatic heterocycles. The van der Waals surface area contributed by atoms with Crippen LogP contribution < -0.4 is 0 Å². The average Bonchev–Trinajstić information content (AvgIpc) is 3.20. The van der Waals surface area contributed by atoms with Crippen molar-refractivity contribution in [3.8, 4) is 0 Å². The van der Waals surface area contributed by atoms with Gasteiger partial charge < -0.3 is 39.9 Å². The summed E-state index contributed by atoms with van der Waals surface area (Å²) in [6, 6.07) is 0. The van der Waals surface area contributed by atoms with E-state index in [2.05, 4.69) is 62.5 Å².